The van der Waals surface area contributed by atoms with Crippen molar-refractivity contribution in [1.82, 2.24) is 0 Å². The maximum Gasteiger partial charge on any atom is 0.259 e. The first kappa shape index (κ1) is 14.5. The van der Waals surface area contributed by atoms with Crippen molar-refractivity contribution in [1.29, 1.82) is 0 Å². The second-order valence-electron chi connectivity index (χ2n) is 4.01. The van der Waals surface area contributed by atoms with Gasteiger partial charge in [-0.3, -0.25) is 4.79 Å². The molecule has 0 saturated heterocycles. The Labute approximate surface area is 132 Å². The number of hydrogen-bond acceptors (Lipinski definition) is 1. The topological polar surface area (TPSA) is 29.1 Å². The smallest absolute Gasteiger partial charge is 0.259 e. The van der Waals surface area contributed by atoms with Gasteiger partial charge in [0.15, 0.2) is 0 Å². The number of amides is 1. The lowest BCUT2D eigenvalue weighted by Gasteiger charge is -2.09. The number of nitrogens with one attached hydrogen (secondary N) is 1. The maximum atomic E-state index is 13.7. The van der Waals surface area contributed by atoms with E-state index in [0.29, 0.717) is 10.2 Å². The van der Waals surface area contributed by atoms with E-state index >= 15 is 0 Å². The van der Waals surface area contributed by atoms with E-state index in [9.17, 15) is 9.18 Å². The summed E-state index contributed by atoms with van der Waals surface area (Å²) in [6.07, 6.45) is 0. The number of carbonyl (C=O) groups is 1. The summed E-state index contributed by atoms with van der Waals surface area (Å²) >= 11 is 5.38. The Kier molecular flexibility index (Phi) is 4.57. The monoisotopic (exact) mass is 433 g/mol. The normalized spacial score (nSPS) is 10.3. The van der Waals surface area contributed by atoms with Gasteiger partial charge in [0, 0.05) is 13.7 Å². The number of hydrogen-bond donors (Lipinski definition) is 1. The van der Waals surface area contributed by atoms with E-state index in [0.717, 1.165) is 9.13 Å². The lowest BCUT2D eigenvalue weighted by molar-refractivity contribution is 0.102. The minimum absolute atomic E-state index is 0.0121. The summed E-state index contributed by atoms with van der Waals surface area (Å²) in [7, 11) is 0. The second-order valence-corrected chi connectivity index (χ2v) is 6.03. The Bertz CT molecular complexity index is 625. The molecule has 2 nitrogen and oxygen atoms in total. The molecule has 0 atom stereocenters. The summed E-state index contributed by atoms with van der Waals surface area (Å²) in [5.41, 5.74) is 1.79. The van der Waals surface area contributed by atoms with Crippen LogP contribution in [0.2, 0.25) is 0 Å². The van der Waals surface area contributed by atoms with Gasteiger partial charge in [0.25, 0.3) is 5.91 Å². The predicted octanol–water partition coefficient (Wildman–Crippen LogP) is 4.75. The van der Waals surface area contributed by atoms with Crippen LogP contribution in [0, 0.1) is 16.3 Å². The van der Waals surface area contributed by atoms with Gasteiger partial charge in [0.2, 0.25) is 0 Å². The number of anilines is 1. The van der Waals surface area contributed by atoms with Gasteiger partial charge in [-0.1, -0.05) is 12.1 Å². The standard InChI is InChI=1S/C14H10BrFINO/c1-8-5-6-9(7-12(8)17)18-14(19)13-10(15)3-2-4-11(13)16/h2-7H,1H3,(H,18,19). The highest BCUT2D eigenvalue weighted by molar-refractivity contribution is 14.1. The van der Waals surface area contributed by atoms with Gasteiger partial charge in [-0.05, 0) is 75.3 Å². The Morgan fingerprint density at radius 3 is 2.68 bits per heavy atom. The fourth-order valence-electron chi connectivity index (χ4n) is 1.58. The van der Waals surface area contributed by atoms with Crippen molar-refractivity contribution >= 4 is 50.1 Å². The Morgan fingerprint density at radius 2 is 2.05 bits per heavy atom. The average Bonchev–Trinajstić information content (AvgIpc) is 2.33. The molecule has 2 aromatic carbocycles. The van der Waals surface area contributed by atoms with Crippen molar-refractivity contribution < 1.29 is 9.18 Å². The summed E-state index contributed by atoms with van der Waals surface area (Å²) in [6, 6.07) is 10.0. The molecule has 0 aliphatic rings. The second kappa shape index (κ2) is 6.00. The van der Waals surface area contributed by atoms with Crippen LogP contribution in [0.3, 0.4) is 0 Å². The van der Waals surface area contributed by atoms with Gasteiger partial charge >= 0.3 is 0 Å². The number of carbonyl (C=O) groups excluding carboxylic acids is 1. The molecule has 0 bridgehead atoms. The zero-order valence-electron chi connectivity index (χ0n) is 10.0. The summed E-state index contributed by atoms with van der Waals surface area (Å²) in [5, 5.41) is 2.69. The molecule has 1 amide bonds. The van der Waals surface area contributed by atoms with Crippen LogP contribution in [0.1, 0.15) is 15.9 Å². The minimum atomic E-state index is -0.548. The Balaban J connectivity index is 2.28. The van der Waals surface area contributed by atoms with E-state index in [-0.39, 0.29) is 5.56 Å². The van der Waals surface area contributed by atoms with Crippen LogP contribution in [-0.2, 0) is 0 Å². The quantitative estimate of drug-likeness (QED) is 0.680. The first-order valence-electron chi connectivity index (χ1n) is 5.50. The van der Waals surface area contributed by atoms with Gasteiger partial charge in [0.1, 0.15) is 5.82 Å². The molecule has 5 heteroatoms. The van der Waals surface area contributed by atoms with Gasteiger partial charge in [-0.2, -0.15) is 0 Å². The molecule has 0 saturated carbocycles. The van der Waals surface area contributed by atoms with Crippen molar-refractivity contribution in [2.45, 2.75) is 6.92 Å². The highest BCUT2D eigenvalue weighted by Crippen LogP contribution is 2.22. The van der Waals surface area contributed by atoms with Crippen LogP contribution >= 0.6 is 38.5 Å². The lowest BCUT2D eigenvalue weighted by Crippen LogP contribution is -2.14. The number of benzene rings is 2. The molecule has 98 valence electrons. The van der Waals surface area contributed by atoms with Crippen LogP contribution < -0.4 is 5.32 Å². The fourth-order valence-corrected chi connectivity index (χ4v) is 2.62. The third-order valence-corrected chi connectivity index (χ3v) is 4.44. The van der Waals surface area contributed by atoms with Crippen molar-refractivity contribution in [2.75, 3.05) is 5.32 Å². The minimum Gasteiger partial charge on any atom is -0.322 e. The van der Waals surface area contributed by atoms with E-state index < -0.39 is 11.7 Å². The highest BCUT2D eigenvalue weighted by Gasteiger charge is 2.15. The molecule has 0 aliphatic carbocycles. The van der Waals surface area contributed by atoms with Gasteiger partial charge in [-0.25, -0.2) is 4.39 Å². The molecule has 0 spiro atoms. The van der Waals surface area contributed by atoms with Gasteiger partial charge in [0.05, 0.1) is 5.56 Å². The van der Waals surface area contributed by atoms with Crippen LogP contribution in [0.5, 0.6) is 0 Å². The van der Waals surface area contributed by atoms with E-state index in [1.165, 1.54) is 6.07 Å². The van der Waals surface area contributed by atoms with Crippen LogP contribution in [0.4, 0.5) is 10.1 Å². The van der Waals surface area contributed by atoms with E-state index in [2.05, 4.69) is 43.8 Å². The first-order valence-corrected chi connectivity index (χ1v) is 7.37. The van der Waals surface area contributed by atoms with Crippen molar-refractivity contribution in [3.05, 3.63) is 61.4 Å². The van der Waals surface area contributed by atoms with E-state index in [1.54, 1.807) is 18.2 Å². The molecule has 0 fully saturated rings. The van der Waals surface area contributed by atoms with Crippen molar-refractivity contribution in [3.8, 4) is 0 Å². The first-order chi connectivity index (χ1) is 8.99. The summed E-state index contributed by atoms with van der Waals surface area (Å²) in [5.74, 6) is -1.02. The summed E-state index contributed by atoms with van der Waals surface area (Å²) in [6.45, 7) is 1.99. The highest BCUT2D eigenvalue weighted by atomic mass is 127. The molecule has 0 aromatic heterocycles. The van der Waals surface area contributed by atoms with Crippen molar-refractivity contribution in [3.63, 3.8) is 0 Å². The van der Waals surface area contributed by atoms with E-state index in [4.69, 9.17) is 0 Å². The molecular weight excluding hydrogens is 424 g/mol. The molecule has 0 heterocycles. The van der Waals surface area contributed by atoms with Crippen molar-refractivity contribution in [2.24, 2.45) is 0 Å². The molecule has 2 aromatic rings. The molecule has 1 N–H and O–H groups in total. The lowest BCUT2D eigenvalue weighted by atomic mass is 10.2. The zero-order chi connectivity index (χ0) is 14.0. The third-order valence-electron chi connectivity index (χ3n) is 2.62. The number of aryl methyl sites for hydroxylation is 1. The molecule has 0 radical (unpaired) electrons. The summed E-state index contributed by atoms with van der Waals surface area (Å²) in [4.78, 5) is 12.1. The van der Waals surface area contributed by atoms with Crippen LogP contribution in [0.25, 0.3) is 0 Å². The zero-order valence-corrected chi connectivity index (χ0v) is 13.7. The van der Waals surface area contributed by atoms with E-state index in [1.807, 2.05) is 19.1 Å². The molecule has 19 heavy (non-hydrogen) atoms. The number of halogens is 3. The molecular formula is C14H10BrFINO. The van der Waals surface area contributed by atoms with Gasteiger partial charge in [-0.15, -0.1) is 0 Å². The number of rotatable bonds is 2. The summed E-state index contributed by atoms with van der Waals surface area (Å²) < 4.78 is 15.1. The SMILES string of the molecule is Cc1ccc(NC(=O)c2c(F)cccc2Br)cc1I. The Hall–Kier alpha value is -0.950. The van der Waals surface area contributed by atoms with Crippen LogP contribution in [-0.4, -0.2) is 5.91 Å². The largest absolute Gasteiger partial charge is 0.322 e. The third kappa shape index (κ3) is 3.33. The average molecular weight is 434 g/mol. The molecule has 0 unspecified atom stereocenters. The maximum absolute atomic E-state index is 13.7. The van der Waals surface area contributed by atoms with Gasteiger partial charge < -0.3 is 5.32 Å². The van der Waals surface area contributed by atoms with Crippen LogP contribution in [0.15, 0.2) is 40.9 Å². The Morgan fingerprint density at radius 1 is 1.32 bits per heavy atom. The molecule has 0 aliphatic heterocycles. The predicted molar refractivity (Wildman–Crippen MR) is 85.9 cm³/mol. The fraction of sp³-hybridized carbons (Fsp3) is 0.0714. The molecule has 2 rings (SSSR count).